The monoisotopic (exact) mass is 276 g/mol. The lowest BCUT2D eigenvalue weighted by Gasteiger charge is -2.12. The minimum atomic E-state index is 0.275. The Hall–Kier alpha value is -1.85. The molecule has 2 aromatic rings. The van der Waals surface area contributed by atoms with Crippen molar-refractivity contribution in [3.8, 4) is 16.9 Å². The van der Waals surface area contributed by atoms with Crippen molar-refractivity contribution in [2.45, 2.75) is 0 Å². The molecular weight excluding hydrogens is 260 g/mol. The number of phenolic OH excluding ortho intramolecular Hbond substituents is 1. The molecule has 2 aromatic carbocycles. The summed E-state index contributed by atoms with van der Waals surface area (Å²) in [4.78, 5) is 0. The van der Waals surface area contributed by atoms with Gasteiger partial charge in [0, 0.05) is 12.6 Å². The van der Waals surface area contributed by atoms with E-state index in [2.05, 4.69) is 10.0 Å². The summed E-state index contributed by atoms with van der Waals surface area (Å²) < 4.78 is 7.99. The third kappa shape index (κ3) is 3.13. The number of hydrogen-bond acceptors (Lipinski definition) is 5. The van der Waals surface area contributed by atoms with Crippen molar-refractivity contribution in [1.82, 2.24) is 0 Å². The van der Waals surface area contributed by atoms with Gasteiger partial charge in [0.15, 0.2) is 0 Å². The lowest BCUT2D eigenvalue weighted by atomic mass is 10.0. The summed E-state index contributed by atoms with van der Waals surface area (Å²) in [5, 5.41) is 13.0. The van der Waals surface area contributed by atoms with Crippen LogP contribution in [0.2, 0.25) is 0 Å². The van der Waals surface area contributed by atoms with Gasteiger partial charge in [-0.25, -0.2) is 0 Å². The Labute approximate surface area is 117 Å². The molecule has 0 unspecified atom stereocenters. The van der Waals surface area contributed by atoms with Gasteiger partial charge in [-0.15, -0.1) is 0 Å². The molecule has 0 aliphatic carbocycles. The van der Waals surface area contributed by atoms with Crippen molar-refractivity contribution in [3.05, 3.63) is 42.5 Å². The third-order valence-corrected chi connectivity index (χ3v) is 3.21. The topological polar surface area (TPSA) is 53.5 Å². The minimum absolute atomic E-state index is 0.275. The average Bonchev–Trinajstić information content (AvgIpc) is 2.45. The molecule has 0 saturated heterocycles. The lowest BCUT2D eigenvalue weighted by molar-refractivity contribution is 0.477. The second-order valence-corrected chi connectivity index (χ2v) is 4.58. The second-order valence-electron chi connectivity index (χ2n) is 3.88. The van der Waals surface area contributed by atoms with E-state index in [4.69, 9.17) is 4.18 Å². The lowest BCUT2D eigenvalue weighted by Crippen LogP contribution is -1.96. The molecule has 0 bridgehead atoms. The number of hydrogen-bond donors (Lipinski definition) is 3. The molecule has 0 aliphatic rings. The number of benzene rings is 2. The Bertz CT molecular complexity index is 561. The van der Waals surface area contributed by atoms with Gasteiger partial charge in [0.05, 0.1) is 18.5 Å². The highest BCUT2D eigenvalue weighted by molar-refractivity contribution is 7.96. The predicted molar refractivity (Wildman–Crippen MR) is 81.3 cm³/mol. The van der Waals surface area contributed by atoms with Crippen LogP contribution in [0.3, 0.4) is 0 Å². The molecule has 0 fully saturated rings. The van der Waals surface area contributed by atoms with Gasteiger partial charge in [-0.3, -0.25) is 0 Å². The molecule has 0 aromatic heterocycles. The van der Waals surface area contributed by atoms with Crippen molar-refractivity contribution >= 4 is 23.6 Å². The van der Waals surface area contributed by atoms with Crippen LogP contribution in [0.1, 0.15) is 0 Å². The maximum Gasteiger partial charge on any atom is 0.123 e. The summed E-state index contributed by atoms with van der Waals surface area (Å²) in [7, 11) is 3.46. The van der Waals surface area contributed by atoms with E-state index in [0.29, 0.717) is 0 Å². The highest BCUT2D eigenvalue weighted by atomic mass is 32.2. The fourth-order valence-electron chi connectivity index (χ4n) is 1.81. The molecule has 0 atom stereocenters. The van der Waals surface area contributed by atoms with Gasteiger partial charge in [-0.05, 0) is 23.8 Å². The van der Waals surface area contributed by atoms with Crippen molar-refractivity contribution in [2.75, 3.05) is 24.2 Å². The van der Waals surface area contributed by atoms with Crippen LogP contribution < -0.4 is 10.0 Å². The van der Waals surface area contributed by atoms with Gasteiger partial charge < -0.3 is 19.3 Å². The van der Waals surface area contributed by atoms with Gasteiger partial charge in [0.1, 0.15) is 18.0 Å². The average molecular weight is 276 g/mol. The molecule has 0 amide bonds. The molecule has 5 heteroatoms. The SMILES string of the molecule is CNc1cc(-c2ccccc2O)ccc1NSOC. The molecule has 4 nitrogen and oxygen atoms in total. The molecule has 0 spiro atoms. The summed E-state index contributed by atoms with van der Waals surface area (Å²) in [5.41, 5.74) is 3.62. The number of nitrogens with one attached hydrogen (secondary N) is 2. The van der Waals surface area contributed by atoms with Crippen molar-refractivity contribution in [1.29, 1.82) is 0 Å². The van der Waals surface area contributed by atoms with E-state index in [1.807, 2.05) is 43.4 Å². The second kappa shape index (κ2) is 6.36. The largest absolute Gasteiger partial charge is 0.507 e. The summed E-state index contributed by atoms with van der Waals surface area (Å²) in [6, 6.07) is 13.2. The van der Waals surface area contributed by atoms with Crippen molar-refractivity contribution in [3.63, 3.8) is 0 Å². The van der Waals surface area contributed by atoms with Crippen LogP contribution in [0.4, 0.5) is 11.4 Å². The van der Waals surface area contributed by atoms with Gasteiger partial charge >= 0.3 is 0 Å². The van der Waals surface area contributed by atoms with Crippen LogP contribution in [-0.4, -0.2) is 19.3 Å². The van der Waals surface area contributed by atoms with E-state index in [1.165, 1.54) is 0 Å². The van der Waals surface area contributed by atoms with Gasteiger partial charge in [0.2, 0.25) is 0 Å². The highest BCUT2D eigenvalue weighted by Crippen LogP contribution is 2.34. The zero-order valence-electron chi connectivity index (χ0n) is 10.8. The van der Waals surface area contributed by atoms with Crippen LogP contribution in [0.15, 0.2) is 42.5 Å². The van der Waals surface area contributed by atoms with Crippen LogP contribution in [-0.2, 0) is 4.18 Å². The zero-order chi connectivity index (χ0) is 13.7. The molecule has 19 heavy (non-hydrogen) atoms. The van der Waals surface area contributed by atoms with Gasteiger partial charge in [-0.2, -0.15) is 0 Å². The van der Waals surface area contributed by atoms with E-state index < -0.39 is 0 Å². The Morgan fingerprint density at radius 1 is 1.11 bits per heavy atom. The maximum absolute atomic E-state index is 9.88. The predicted octanol–water partition coefficient (Wildman–Crippen LogP) is 3.72. The van der Waals surface area contributed by atoms with E-state index >= 15 is 0 Å². The molecule has 100 valence electrons. The Kier molecular flexibility index (Phi) is 4.54. The number of aromatic hydroxyl groups is 1. The smallest absolute Gasteiger partial charge is 0.123 e. The van der Waals surface area contributed by atoms with E-state index in [9.17, 15) is 5.11 Å². The van der Waals surface area contributed by atoms with Crippen LogP contribution in [0.5, 0.6) is 5.75 Å². The van der Waals surface area contributed by atoms with Gasteiger partial charge in [0.25, 0.3) is 0 Å². The Morgan fingerprint density at radius 3 is 2.58 bits per heavy atom. The Morgan fingerprint density at radius 2 is 1.89 bits per heavy atom. The van der Waals surface area contributed by atoms with E-state index in [1.54, 1.807) is 13.2 Å². The first kappa shape index (κ1) is 13.6. The summed E-state index contributed by atoms with van der Waals surface area (Å²) in [6.45, 7) is 0. The van der Waals surface area contributed by atoms with Gasteiger partial charge in [-0.1, -0.05) is 24.3 Å². The molecule has 0 radical (unpaired) electrons. The Balaban J connectivity index is 2.36. The molecule has 0 aliphatic heterocycles. The van der Waals surface area contributed by atoms with Crippen LogP contribution in [0, 0.1) is 0 Å². The minimum Gasteiger partial charge on any atom is -0.507 e. The third-order valence-electron chi connectivity index (χ3n) is 2.74. The van der Waals surface area contributed by atoms with E-state index in [0.717, 1.165) is 34.7 Å². The molecule has 0 heterocycles. The number of rotatable bonds is 5. The molecule has 3 N–H and O–H groups in total. The fraction of sp³-hybridized carbons (Fsp3) is 0.143. The first-order chi connectivity index (χ1) is 9.26. The molecule has 2 rings (SSSR count). The van der Waals surface area contributed by atoms with E-state index in [-0.39, 0.29) is 5.75 Å². The highest BCUT2D eigenvalue weighted by Gasteiger charge is 2.07. The quantitative estimate of drug-likeness (QED) is 0.574. The zero-order valence-corrected chi connectivity index (χ0v) is 11.6. The number of phenols is 1. The first-order valence-corrected chi connectivity index (χ1v) is 6.56. The summed E-state index contributed by atoms with van der Waals surface area (Å²) in [5.74, 6) is 0.275. The normalized spacial score (nSPS) is 10.2. The molecule has 0 saturated carbocycles. The van der Waals surface area contributed by atoms with Crippen LogP contribution in [0.25, 0.3) is 11.1 Å². The standard InChI is InChI=1S/C14H16N2O2S/c1-15-13-9-10(7-8-12(13)16-19-18-2)11-5-3-4-6-14(11)17/h3-9,15-17H,1-2H3. The van der Waals surface area contributed by atoms with Crippen molar-refractivity contribution < 1.29 is 9.29 Å². The maximum atomic E-state index is 9.88. The number of para-hydroxylation sites is 1. The summed E-state index contributed by atoms with van der Waals surface area (Å²) >= 11 is 1.16. The van der Waals surface area contributed by atoms with Crippen molar-refractivity contribution in [2.24, 2.45) is 0 Å². The van der Waals surface area contributed by atoms with Crippen LogP contribution >= 0.6 is 12.2 Å². The fourth-order valence-corrected chi connectivity index (χ4v) is 2.16. The summed E-state index contributed by atoms with van der Waals surface area (Å²) in [6.07, 6.45) is 0. The molecular formula is C14H16N2O2S. The number of anilines is 2. The first-order valence-electron chi connectivity index (χ1n) is 5.82.